The van der Waals surface area contributed by atoms with Gasteiger partial charge in [-0.15, -0.1) is 0 Å². The Morgan fingerprint density at radius 1 is 0.600 bits per heavy atom. The molecule has 12 rings (SSSR count). The number of hydrogen-bond donors (Lipinski definition) is 4. The summed E-state index contributed by atoms with van der Waals surface area (Å²) in [6, 6.07) is 16.4. The van der Waals surface area contributed by atoms with Crippen LogP contribution in [-0.4, -0.2) is 125 Å². The number of rotatable bonds is 17. The lowest BCUT2D eigenvalue weighted by Gasteiger charge is -2.42. The molecule has 24 heteroatoms. The zero-order valence-electron chi connectivity index (χ0n) is 49.8. The Hall–Kier alpha value is -5.46. The number of hydrogen-bond acceptors (Lipinski definition) is 14. The monoisotopic (exact) mass is 1260 g/mol. The Bertz CT molecular complexity index is 3700. The van der Waals surface area contributed by atoms with Crippen LogP contribution >= 0.6 is 46.4 Å². The minimum Gasteiger partial charge on any atom is -0.396 e. The smallest absolute Gasteiger partial charge is 0.257 e. The van der Waals surface area contributed by atoms with Crippen molar-refractivity contribution in [3.8, 4) is 0 Å². The predicted molar refractivity (Wildman–Crippen MR) is 303 cm³/mol. The van der Waals surface area contributed by atoms with Crippen molar-refractivity contribution in [2.45, 2.75) is 118 Å². The van der Waals surface area contributed by atoms with Crippen molar-refractivity contribution in [3.63, 3.8) is 0 Å². The molecule has 0 radical (unpaired) electrons. The molecule has 2 aliphatic carbocycles. The van der Waals surface area contributed by atoms with E-state index >= 15 is 17.6 Å². The number of carbonyl (C=O) groups is 2. The summed E-state index contributed by atoms with van der Waals surface area (Å²) in [7, 11) is 0. The van der Waals surface area contributed by atoms with Crippen LogP contribution in [0.3, 0.4) is 0 Å². The van der Waals surface area contributed by atoms with E-state index in [2.05, 4.69) is 19.9 Å². The Labute approximate surface area is 512 Å². The molecule has 16 nitrogen and oxygen atoms in total. The summed E-state index contributed by atoms with van der Waals surface area (Å²) in [5, 5.41) is 45.4. The van der Waals surface area contributed by atoms with Crippen molar-refractivity contribution in [1.82, 2.24) is 29.7 Å². The number of alkyl halides is 2. The molecule has 450 valence electrons. The summed E-state index contributed by atoms with van der Waals surface area (Å²) in [4.78, 5) is 47.8. The first-order valence-corrected chi connectivity index (χ1v) is 28.8. The summed E-state index contributed by atoms with van der Waals surface area (Å²) < 4.78 is 123. The lowest BCUT2D eigenvalue weighted by Crippen LogP contribution is -2.50. The van der Waals surface area contributed by atoms with Gasteiger partial charge in [0.1, 0.15) is 45.8 Å². The van der Waals surface area contributed by atoms with E-state index in [-0.39, 0.29) is 138 Å². The van der Waals surface area contributed by atoms with Gasteiger partial charge in [-0.05, 0) is 99.2 Å². The normalized spacial score (nSPS) is 24.8. The number of benzene rings is 4. The fraction of sp³-hybridized carbons (Fsp3) is 0.443. The van der Waals surface area contributed by atoms with Gasteiger partial charge in [0, 0.05) is 103 Å². The van der Waals surface area contributed by atoms with E-state index in [0.29, 0.717) is 23.4 Å². The molecule has 4 fully saturated rings. The summed E-state index contributed by atoms with van der Waals surface area (Å²) in [6.07, 6.45) is 5.46. The minimum atomic E-state index is -3.06. The number of carbonyl (C=O) groups excluding carboxylic acids is 2. The van der Waals surface area contributed by atoms with Gasteiger partial charge in [-0.25, -0.2) is 37.5 Å². The van der Waals surface area contributed by atoms with E-state index in [1.165, 1.54) is 73.9 Å². The van der Waals surface area contributed by atoms with E-state index in [1.807, 2.05) is 0 Å². The first kappa shape index (κ1) is 56.1. The fourth-order valence-corrected chi connectivity index (χ4v) is 11.9. The van der Waals surface area contributed by atoms with Crippen molar-refractivity contribution < 1.29 is 72.0 Å². The number of ether oxygens (including phenoxy) is 4. The molecule has 4 aliphatic heterocycles. The van der Waals surface area contributed by atoms with Gasteiger partial charge in [0.15, 0.2) is 11.4 Å². The van der Waals surface area contributed by atoms with Gasteiger partial charge in [-0.1, -0.05) is 70.7 Å². The van der Waals surface area contributed by atoms with E-state index in [0.717, 1.165) is 23.1 Å². The third-order valence-electron chi connectivity index (χ3n) is 17.2. The van der Waals surface area contributed by atoms with Crippen LogP contribution in [-0.2, 0) is 54.7 Å². The third-order valence-corrected chi connectivity index (χ3v) is 18.1. The molecule has 2 saturated carbocycles. The highest BCUT2D eigenvalue weighted by atomic mass is 35.5. The van der Waals surface area contributed by atoms with Gasteiger partial charge in [0.05, 0.1) is 76.2 Å². The summed E-state index contributed by atoms with van der Waals surface area (Å²) in [5.74, 6) is -3.37. The van der Waals surface area contributed by atoms with Crippen LogP contribution in [0.4, 0.5) is 17.6 Å². The highest BCUT2D eigenvalue weighted by Gasteiger charge is 2.60. The van der Waals surface area contributed by atoms with Crippen molar-refractivity contribution >= 4 is 58.2 Å². The number of aliphatic hydroxyl groups is 4. The van der Waals surface area contributed by atoms with Gasteiger partial charge in [0.2, 0.25) is 0 Å². The molecule has 2 unspecified atom stereocenters. The maximum atomic E-state index is 16.9. The molecular weight excluding hydrogens is 1190 g/mol. The van der Waals surface area contributed by atoms with Gasteiger partial charge >= 0.3 is 0 Å². The van der Waals surface area contributed by atoms with Gasteiger partial charge in [-0.2, -0.15) is 0 Å². The van der Waals surface area contributed by atoms with Gasteiger partial charge < -0.3 is 39.4 Å². The molecule has 0 bridgehead atoms. The highest BCUT2D eigenvalue weighted by molar-refractivity contribution is 6.31. The van der Waals surface area contributed by atoms with E-state index in [4.69, 9.17) is 70.8 Å². The van der Waals surface area contributed by atoms with Crippen molar-refractivity contribution in [2.24, 2.45) is 5.41 Å². The Morgan fingerprint density at radius 3 is 1.33 bits per heavy atom. The molecule has 2 aromatic heterocycles. The van der Waals surface area contributed by atoms with Crippen LogP contribution in [0.15, 0.2) is 97.6 Å². The topological polar surface area (TPSA) is 210 Å². The largest absolute Gasteiger partial charge is 0.396 e. The summed E-state index contributed by atoms with van der Waals surface area (Å²) in [6.45, 7) is -4.27. The summed E-state index contributed by atoms with van der Waals surface area (Å²) in [5.41, 5.74) is -17.3. The summed E-state index contributed by atoms with van der Waals surface area (Å²) >= 11 is 24.3. The molecule has 4 atom stereocenters. The van der Waals surface area contributed by atoms with Crippen molar-refractivity contribution in [2.75, 3.05) is 46.2 Å². The zero-order chi connectivity index (χ0) is 64.1. The quantitative estimate of drug-likeness (QED) is 0.0627. The molecule has 6 aliphatic rings. The second kappa shape index (κ2) is 22.9. The third kappa shape index (κ3) is 11.1. The molecular formula is C61H60Cl4F4N6O10. The van der Waals surface area contributed by atoms with Gasteiger partial charge in [0.25, 0.3) is 11.8 Å². The molecule has 2 amide bonds. The number of halogens is 8. The predicted octanol–water partition coefficient (Wildman–Crippen LogP) is 10.3. The maximum absolute atomic E-state index is 16.9. The maximum Gasteiger partial charge on any atom is 0.257 e. The Morgan fingerprint density at radius 2 is 0.976 bits per heavy atom. The van der Waals surface area contributed by atoms with Crippen molar-refractivity contribution in [1.29, 1.82) is 0 Å². The molecule has 2 saturated heterocycles. The average Bonchev–Trinajstić information content (AvgIpc) is 1.59. The highest BCUT2D eigenvalue weighted by Crippen LogP contribution is 2.55. The van der Waals surface area contributed by atoms with Crippen LogP contribution in [0.1, 0.15) is 136 Å². The van der Waals surface area contributed by atoms with Crippen LogP contribution in [0.5, 0.6) is 0 Å². The zero-order valence-corrected chi connectivity index (χ0v) is 48.8. The van der Waals surface area contributed by atoms with Gasteiger partial charge in [-0.3, -0.25) is 19.4 Å². The second-order valence-electron chi connectivity index (χ2n) is 22.7. The first-order valence-electron chi connectivity index (χ1n) is 29.3. The van der Waals surface area contributed by atoms with Crippen LogP contribution < -0.4 is 0 Å². The lowest BCUT2D eigenvalue weighted by molar-refractivity contribution is -0.143. The second-order valence-corrected chi connectivity index (χ2v) is 24.4. The number of fused-ring (bicyclic) bond motifs is 2. The average molecular weight is 1260 g/mol. The Balaban J connectivity index is 0.000000185. The molecule has 6 heterocycles. The number of nitrogens with zero attached hydrogens (tertiary/aromatic N) is 6. The Kier molecular flexibility index (Phi) is 15.1. The standard InChI is InChI=1S/C31H31Cl2F2N3O5.C30H29Cl2F2N3O5/c1-28(41,30(35)8-10-42-11-9-30)20-12-23-26(24(34)13-20)31(19-2-4-21(32)5-3-19,43-18-29(17-39)6-7-29)38(27(23)40)16-25-36-14-22(33)15-37-25;1-27(39,29(34)8-10-41-11-9-29)19-12-22-25(23(33)13-19)30(42-17-28(40)6-7-28,18-2-4-20(31)5-3-18)37(26(22)38)16-24-35-14-21(32)15-36-24/h2-5,12-15,39,41H,6-11,16-18H2,1H3;2-5,12-15,39-40H,6-11,16-17H2,1H3/t28?,31-;27?,30-/m10/s1/i17D2,18D2;. The number of amides is 2. The number of aromatic nitrogens is 4. The minimum absolute atomic E-state index is 0.00854. The molecule has 4 N–H and O–H groups in total. The molecule has 0 spiro atoms. The molecule has 4 aromatic carbocycles. The SMILES string of the molecule is CC(O)(c1cc(F)c2c(c1)C(=O)N(Cc1ncc(Cl)cn1)[C@]2(OCC1(O)CC1)c1ccc(Cl)cc1)C1(F)CCOCC1.[2H]C([2H])(O)C1(C([2H])([2H])O[C@]2(c3ccc(Cl)cc3)c3c(F)cc(C(C)(O)C4(F)CCOCC4)cc3C(=O)N2Cc2ncc(Cl)cn2)CC1. The lowest BCUT2D eigenvalue weighted by atomic mass is 9.75. The molecule has 6 aromatic rings. The first-order chi connectivity index (χ1) is 41.8. The molecule has 85 heavy (non-hydrogen) atoms. The van der Waals surface area contributed by atoms with E-state index in [9.17, 15) is 30.0 Å². The van der Waals surface area contributed by atoms with Crippen molar-refractivity contribution in [3.05, 3.63) is 185 Å². The fourth-order valence-electron chi connectivity index (χ4n) is 11.4. The van der Waals surface area contributed by atoms with E-state index < -0.39 is 93.7 Å². The van der Waals surface area contributed by atoms with Crippen LogP contribution in [0.25, 0.3) is 0 Å². The van der Waals surface area contributed by atoms with E-state index in [1.54, 1.807) is 24.3 Å². The van der Waals surface area contributed by atoms with Crippen LogP contribution in [0, 0.1) is 17.0 Å². The van der Waals surface area contributed by atoms with Crippen LogP contribution in [0.2, 0.25) is 20.1 Å².